The van der Waals surface area contributed by atoms with Crippen LogP contribution >= 0.6 is 0 Å². The average molecular weight is 307 g/mol. The van der Waals surface area contributed by atoms with Crippen LogP contribution in [0.3, 0.4) is 0 Å². The van der Waals surface area contributed by atoms with Crippen molar-refractivity contribution in [3.05, 3.63) is 24.3 Å². The molecule has 1 aromatic carbocycles. The van der Waals surface area contributed by atoms with Gasteiger partial charge in [-0.1, -0.05) is 12.1 Å². The fourth-order valence-electron chi connectivity index (χ4n) is 1.09. The van der Waals surface area contributed by atoms with E-state index in [0.29, 0.717) is 5.46 Å². The van der Waals surface area contributed by atoms with Crippen molar-refractivity contribution >= 4 is 18.3 Å². The van der Waals surface area contributed by atoms with E-state index in [1.165, 1.54) is 0 Å². The molecule has 14 heavy (non-hydrogen) atoms. The lowest BCUT2D eigenvalue weighted by Crippen LogP contribution is -3.00. The molecule has 0 aromatic heterocycles. The molecule has 0 saturated heterocycles. The normalized spacial score (nSPS) is 10.6. The number of benzene rings is 1. The molecule has 0 aliphatic carbocycles. The summed E-state index contributed by atoms with van der Waals surface area (Å²) in [5, 5.41) is 17.7. The molecular weight excluding hydrogens is 292 g/mol. The van der Waals surface area contributed by atoms with Crippen LogP contribution in [-0.2, 0) is 0 Å². The predicted octanol–water partition coefficient (Wildman–Crippen LogP) is -3.43. The predicted molar refractivity (Wildman–Crippen MR) is 55.8 cm³/mol. The number of nitrogens with zero attached hydrogens (tertiary/aromatic N) is 1. The van der Waals surface area contributed by atoms with E-state index in [2.05, 4.69) is 21.1 Å². The second-order valence-corrected chi connectivity index (χ2v) is 3.98. The summed E-state index contributed by atoms with van der Waals surface area (Å²) in [5.74, 6) is 0. The number of rotatable bonds is 2. The minimum absolute atomic E-state index is 0. The summed E-state index contributed by atoms with van der Waals surface area (Å²) in [7, 11) is 4.81. The fourth-order valence-corrected chi connectivity index (χ4v) is 1.09. The van der Waals surface area contributed by atoms with Crippen LogP contribution in [-0.4, -0.2) is 38.3 Å². The van der Waals surface area contributed by atoms with Gasteiger partial charge in [-0.2, -0.15) is 0 Å². The molecule has 3 nitrogen and oxygen atoms in total. The molecule has 0 spiro atoms. The van der Waals surface area contributed by atoms with Crippen LogP contribution in [0.4, 0.5) is 5.69 Å². The molecule has 0 fully saturated rings. The van der Waals surface area contributed by atoms with Crippen LogP contribution in [0.15, 0.2) is 24.3 Å². The summed E-state index contributed by atoms with van der Waals surface area (Å²) < 4.78 is 0.724. The first-order valence-electron chi connectivity index (χ1n) is 4.19. The van der Waals surface area contributed by atoms with Crippen molar-refractivity contribution in [2.45, 2.75) is 0 Å². The quantitative estimate of drug-likeness (QED) is 0.339. The van der Waals surface area contributed by atoms with Gasteiger partial charge in [0.1, 0.15) is 5.69 Å². The average Bonchev–Trinajstić information content (AvgIpc) is 2.03. The van der Waals surface area contributed by atoms with Gasteiger partial charge < -0.3 is 34.0 Å². The molecule has 78 valence electrons. The first-order chi connectivity index (χ1) is 5.91. The zero-order valence-electron chi connectivity index (χ0n) is 8.61. The van der Waals surface area contributed by atoms with Gasteiger partial charge in [0.15, 0.2) is 0 Å². The SMILES string of the molecule is C[N+](C)(C)c1ccc(B(O)O)cc1.[I-]. The zero-order valence-corrected chi connectivity index (χ0v) is 10.8. The van der Waals surface area contributed by atoms with Crippen LogP contribution in [0.5, 0.6) is 0 Å². The molecule has 2 N–H and O–H groups in total. The Morgan fingerprint density at radius 1 is 1.00 bits per heavy atom. The second-order valence-electron chi connectivity index (χ2n) is 3.98. The van der Waals surface area contributed by atoms with E-state index in [1.54, 1.807) is 12.1 Å². The van der Waals surface area contributed by atoms with Gasteiger partial charge in [0.2, 0.25) is 0 Å². The van der Waals surface area contributed by atoms with Gasteiger partial charge in [0.05, 0.1) is 21.1 Å². The highest BCUT2D eigenvalue weighted by Crippen LogP contribution is 2.13. The van der Waals surface area contributed by atoms with E-state index in [0.717, 1.165) is 10.2 Å². The molecule has 0 saturated carbocycles. The molecule has 0 amide bonds. The van der Waals surface area contributed by atoms with E-state index >= 15 is 0 Å². The lowest BCUT2D eigenvalue weighted by atomic mass is 9.80. The minimum Gasteiger partial charge on any atom is -1.00 e. The highest BCUT2D eigenvalue weighted by molar-refractivity contribution is 6.58. The summed E-state index contributed by atoms with van der Waals surface area (Å²) in [6, 6.07) is 7.25. The standard InChI is InChI=1S/C9H15BNO2.HI/c1-11(2,3)9-6-4-8(5-7-9)10(12)13;/h4-7,12-13H,1-3H3;1H/q+1;/p-1. The van der Waals surface area contributed by atoms with Gasteiger partial charge in [-0.25, -0.2) is 0 Å². The van der Waals surface area contributed by atoms with Gasteiger partial charge in [-0.15, -0.1) is 0 Å². The molecule has 1 rings (SSSR count). The first kappa shape index (κ1) is 13.9. The summed E-state index contributed by atoms with van der Waals surface area (Å²) in [5.41, 5.74) is 1.65. The maximum absolute atomic E-state index is 8.87. The van der Waals surface area contributed by atoms with E-state index in [9.17, 15) is 0 Å². The van der Waals surface area contributed by atoms with E-state index in [1.807, 2.05) is 12.1 Å². The molecule has 0 unspecified atom stereocenters. The second kappa shape index (κ2) is 5.11. The van der Waals surface area contributed by atoms with Crippen LogP contribution in [0.1, 0.15) is 0 Å². The molecule has 0 atom stereocenters. The molecule has 0 bridgehead atoms. The minimum atomic E-state index is -1.37. The van der Waals surface area contributed by atoms with Crippen LogP contribution in [0.2, 0.25) is 0 Å². The van der Waals surface area contributed by atoms with Gasteiger partial charge in [0.25, 0.3) is 0 Å². The van der Waals surface area contributed by atoms with Crippen molar-refractivity contribution in [3.8, 4) is 0 Å². The maximum atomic E-state index is 8.87. The van der Waals surface area contributed by atoms with Crippen molar-refractivity contribution in [1.82, 2.24) is 4.48 Å². The van der Waals surface area contributed by atoms with E-state index in [4.69, 9.17) is 10.0 Å². The Bertz CT molecular complexity index is 282. The Hall–Kier alpha value is -0.105. The number of halogens is 1. The fraction of sp³-hybridized carbons (Fsp3) is 0.333. The van der Waals surface area contributed by atoms with Crippen LogP contribution in [0.25, 0.3) is 0 Å². The highest BCUT2D eigenvalue weighted by atomic mass is 127. The molecule has 0 aliphatic rings. The molecule has 0 heterocycles. The van der Waals surface area contributed by atoms with Crippen molar-refractivity contribution < 1.29 is 34.0 Å². The molecule has 0 aliphatic heterocycles. The Balaban J connectivity index is 0.00000169. The molecular formula is C9H15BINO2. The Labute approximate surface area is 102 Å². The van der Waals surface area contributed by atoms with Gasteiger partial charge in [-0.3, -0.25) is 4.48 Å². The lowest BCUT2D eigenvalue weighted by molar-refractivity contribution is -0.00000556. The van der Waals surface area contributed by atoms with Crippen LogP contribution in [0, 0.1) is 0 Å². The van der Waals surface area contributed by atoms with Crippen LogP contribution < -0.4 is 33.9 Å². The zero-order chi connectivity index (χ0) is 10.1. The Morgan fingerprint density at radius 2 is 1.43 bits per heavy atom. The summed E-state index contributed by atoms with van der Waals surface area (Å²) in [4.78, 5) is 0. The molecule has 1 aromatic rings. The lowest BCUT2D eigenvalue weighted by Gasteiger charge is -2.23. The van der Waals surface area contributed by atoms with Gasteiger partial charge >= 0.3 is 7.12 Å². The third-order valence-electron chi connectivity index (χ3n) is 1.97. The van der Waals surface area contributed by atoms with E-state index < -0.39 is 7.12 Å². The van der Waals surface area contributed by atoms with Crippen molar-refractivity contribution in [2.24, 2.45) is 0 Å². The van der Waals surface area contributed by atoms with Crippen molar-refractivity contribution in [3.63, 3.8) is 0 Å². The van der Waals surface area contributed by atoms with Gasteiger partial charge in [-0.05, 0) is 17.6 Å². The number of quaternary nitrogens is 1. The van der Waals surface area contributed by atoms with Crippen molar-refractivity contribution in [2.75, 3.05) is 21.1 Å². The molecule has 0 radical (unpaired) electrons. The summed E-state index contributed by atoms with van der Waals surface area (Å²) >= 11 is 0. The Morgan fingerprint density at radius 3 is 1.71 bits per heavy atom. The third-order valence-corrected chi connectivity index (χ3v) is 1.97. The topological polar surface area (TPSA) is 40.5 Å². The molecule has 5 heteroatoms. The highest BCUT2D eigenvalue weighted by Gasteiger charge is 2.14. The summed E-state index contributed by atoms with van der Waals surface area (Å²) in [6.07, 6.45) is 0. The van der Waals surface area contributed by atoms with Crippen molar-refractivity contribution in [1.29, 1.82) is 0 Å². The van der Waals surface area contributed by atoms with Gasteiger partial charge in [0, 0.05) is 0 Å². The van der Waals surface area contributed by atoms with E-state index in [-0.39, 0.29) is 24.0 Å². The summed E-state index contributed by atoms with van der Waals surface area (Å²) in [6.45, 7) is 0. The number of hydrogen-bond acceptors (Lipinski definition) is 2. The first-order valence-corrected chi connectivity index (χ1v) is 4.19. The number of hydrogen-bond donors (Lipinski definition) is 2. The Kier molecular flexibility index (Phi) is 5.07. The maximum Gasteiger partial charge on any atom is 0.488 e. The smallest absolute Gasteiger partial charge is 0.488 e. The third kappa shape index (κ3) is 3.57. The monoisotopic (exact) mass is 307 g/mol. The largest absolute Gasteiger partial charge is 1.00 e.